The number of nitrogens with one attached hydrogen (secondary N) is 1. The molecule has 1 aliphatic heterocycles. The Morgan fingerprint density at radius 2 is 1.87 bits per heavy atom. The molecular weight excluding hydrogens is 390 g/mol. The standard InChI is InChI=1S/C25H29N3O3/c1-17(2)16-31-25(30)28(19-11-13-26-14-12-19)24-20-8-4-3-7-18(20)15-22(27-24)21-9-5-6-10-23(21)29/h3-10,15,17,19,26,29H,11-14,16H2,1-2H3. The van der Waals surface area contributed by atoms with Crippen molar-refractivity contribution in [2.75, 3.05) is 24.6 Å². The maximum Gasteiger partial charge on any atom is 0.415 e. The number of amides is 1. The topological polar surface area (TPSA) is 74.7 Å². The van der Waals surface area contributed by atoms with Gasteiger partial charge < -0.3 is 15.2 Å². The first-order chi connectivity index (χ1) is 15.0. The zero-order chi connectivity index (χ0) is 21.8. The minimum absolute atomic E-state index is 0.00330. The summed E-state index contributed by atoms with van der Waals surface area (Å²) in [6, 6.07) is 17.0. The fraction of sp³-hybridized carbons (Fsp3) is 0.360. The number of piperidine rings is 1. The van der Waals surface area contributed by atoms with Gasteiger partial charge in [0, 0.05) is 17.0 Å². The van der Waals surface area contributed by atoms with E-state index in [0.717, 1.165) is 36.7 Å². The molecule has 0 atom stereocenters. The fourth-order valence-corrected chi connectivity index (χ4v) is 3.97. The van der Waals surface area contributed by atoms with Gasteiger partial charge in [-0.25, -0.2) is 9.78 Å². The summed E-state index contributed by atoms with van der Waals surface area (Å²) < 4.78 is 5.67. The molecule has 31 heavy (non-hydrogen) atoms. The van der Waals surface area contributed by atoms with Crippen molar-refractivity contribution >= 4 is 22.7 Å². The van der Waals surface area contributed by atoms with Gasteiger partial charge in [0.1, 0.15) is 11.6 Å². The summed E-state index contributed by atoms with van der Waals surface area (Å²) in [7, 11) is 0. The molecule has 2 N–H and O–H groups in total. The van der Waals surface area contributed by atoms with Gasteiger partial charge in [-0.05, 0) is 55.4 Å². The van der Waals surface area contributed by atoms with Crippen LogP contribution in [0, 0.1) is 5.92 Å². The van der Waals surface area contributed by atoms with Crippen LogP contribution in [0.3, 0.4) is 0 Å². The van der Waals surface area contributed by atoms with Gasteiger partial charge in [0.25, 0.3) is 0 Å². The van der Waals surface area contributed by atoms with Crippen molar-refractivity contribution in [1.82, 2.24) is 10.3 Å². The molecule has 162 valence electrons. The van der Waals surface area contributed by atoms with E-state index in [9.17, 15) is 9.90 Å². The highest BCUT2D eigenvalue weighted by Crippen LogP contribution is 2.35. The third kappa shape index (κ3) is 4.64. The number of para-hydroxylation sites is 1. The number of aromatic hydroxyl groups is 1. The predicted molar refractivity (Wildman–Crippen MR) is 123 cm³/mol. The number of benzene rings is 2. The lowest BCUT2D eigenvalue weighted by atomic mass is 10.0. The number of carbonyl (C=O) groups excluding carboxylic acids is 1. The first-order valence-corrected chi connectivity index (χ1v) is 10.9. The first kappa shape index (κ1) is 21.1. The maximum absolute atomic E-state index is 13.3. The highest BCUT2D eigenvalue weighted by molar-refractivity contribution is 6.01. The number of fused-ring (bicyclic) bond motifs is 1. The molecule has 0 bridgehead atoms. The lowest BCUT2D eigenvalue weighted by Gasteiger charge is -2.34. The molecule has 0 spiro atoms. The van der Waals surface area contributed by atoms with Crippen molar-refractivity contribution in [3.05, 3.63) is 54.6 Å². The minimum atomic E-state index is -0.368. The smallest absolute Gasteiger partial charge is 0.415 e. The van der Waals surface area contributed by atoms with E-state index in [1.54, 1.807) is 17.0 Å². The van der Waals surface area contributed by atoms with Crippen molar-refractivity contribution in [3.63, 3.8) is 0 Å². The molecule has 6 heteroatoms. The number of nitrogens with zero attached hydrogens (tertiary/aromatic N) is 2. The van der Waals surface area contributed by atoms with Gasteiger partial charge in [0.05, 0.1) is 12.3 Å². The second kappa shape index (κ2) is 9.35. The Bertz CT molecular complexity index is 1060. The van der Waals surface area contributed by atoms with Gasteiger partial charge >= 0.3 is 6.09 Å². The Balaban J connectivity index is 1.86. The zero-order valence-electron chi connectivity index (χ0n) is 18.0. The summed E-state index contributed by atoms with van der Waals surface area (Å²) in [5.41, 5.74) is 1.26. The van der Waals surface area contributed by atoms with E-state index >= 15 is 0 Å². The van der Waals surface area contributed by atoms with Crippen molar-refractivity contribution < 1.29 is 14.6 Å². The van der Waals surface area contributed by atoms with Crippen LogP contribution in [-0.4, -0.2) is 41.9 Å². The number of phenols is 1. The molecule has 3 aromatic rings. The quantitative estimate of drug-likeness (QED) is 0.611. The van der Waals surface area contributed by atoms with E-state index in [-0.39, 0.29) is 23.8 Å². The van der Waals surface area contributed by atoms with Gasteiger partial charge in [0.15, 0.2) is 0 Å². The van der Waals surface area contributed by atoms with Crippen LogP contribution >= 0.6 is 0 Å². The summed E-state index contributed by atoms with van der Waals surface area (Å²) in [5, 5.41) is 15.6. The van der Waals surface area contributed by atoms with Crippen molar-refractivity contribution in [2.45, 2.75) is 32.7 Å². The molecule has 1 aromatic heterocycles. The molecule has 0 unspecified atom stereocenters. The van der Waals surface area contributed by atoms with E-state index in [4.69, 9.17) is 9.72 Å². The molecule has 1 aliphatic rings. The number of rotatable bonds is 5. The number of pyridine rings is 1. The minimum Gasteiger partial charge on any atom is -0.507 e. The number of phenolic OH excluding ortho intramolecular Hbond substituents is 1. The van der Waals surface area contributed by atoms with Gasteiger partial charge in [0.2, 0.25) is 0 Å². The summed E-state index contributed by atoms with van der Waals surface area (Å²) in [6.45, 7) is 6.09. The van der Waals surface area contributed by atoms with E-state index < -0.39 is 0 Å². The summed E-state index contributed by atoms with van der Waals surface area (Å²) in [4.78, 5) is 19.9. The van der Waals surface area contributed by atoms with Crippen LogP contribution in [0.15, 0.2) is 54.6 Å². The number of hydrogen-bond donors (Lipinski definition) is 2. The Morgan fingerprint density at radius 1 is 1.16 bits per heavy atom. The van der Waals surface area contributed by atoms with Gasteiger partial charge in [-0.15, -0.1) is 0 Å². The number of carbonyl (C=O) groups is 1. The average Bonchev–Trinajstić information content (AvgIpc) is 2.79. The number of ether oxygens (including phenoxy) is 1. The third-order valence-electron chi connectivity index (χ3n) is 5.54. The molecule has 1 saturated heterocycles. The van der Waals surface area contributed by atoms with Crippen LogP contribution in [0.1, 0.15) is 26.7 Å². The summed E-state index contributed by atoms with van der Waals surface area (Å²) in [5.74, 6) is 0.986. The molecule has 6 nitrogen and oxygen atoms in total. The summed E-state index contributed by atoms with van der Waals surface area (Å²) in [6.07, 6.45) is 1.29. The molecule has 2 heterocycles. The molecule has 2 aromatic carbocycles. The van der Waals surface area contributed by atoms with Gasteiger partial charge in [-0.3, -0.25) is 4.90 Å². The highest BCUT2D eigenvalue weighted by atomic mass is 16.6. The van der Waals surface area contributed by atoms with Crippen LogP contribution in [-0.2, 0) is 4.74 Å². The van der Waals surface area contributed by atoms with E-state index in [1.807, 2.05) is 56.3 Å². The summed E-state index contributed by atoms with van der Waals surface area (Å²) >= 11 is 0. The molecule has 1 fully saturated rings. The lowest BCUT2D eigenvalue weighted by molar-refractivity contribution is 0.136. The van der Waals surface area contributed by atoms with E-state index in [1.165, 1.54) is 0 Å². The second-order valence-corrected chi connectivity index (χ2v) is 8.39. The normalized spacial score (nSPS) is 14.7. The Hall–Kier alpha value is -3.12. The highest BCUT2D eigenvalue weighted by Gasteiger charge is 2.31. The Labute approximate surface area is 182 Å². The molecular formula is C25H29N3O3. The molecule has 4 rings (SSSR count). The lowest BCUT2D eigenvalue weighted by Crippen LogP contribution is -2.47. The zero-order valence-corrected chi connectivity index (χ0v) is 18.0. The largest absolute Gasteiger partial charge is 0.507 e. The fourth-order valence-electron chi connectivity index (χ4n) is 3.97. The van der Waals surface area contributed by atoms with Gasteiger partial charge in [-0.1, -0.05) is 50.2 Å². The van der Waals surface area contributed by atoms with Gasteiger partial charge in [-0.2, -0.15) is 0 Å². The molecule has 0 aliphatic carbocycles. The van der Waals surface area contributed by atoms with E-state index in [0.29, 0.717) is 23.7 Å². The second-order valence-electron chi connectivity index (χ2n) is 8.39. The van der Waals surface area contributed by atoms with Crippen molar-refractivity contribution in [1.29, 1.82) is 0 Å². The Morgan fingerprint density at radius 3 is 2.61 bits per heavy atom. The average molecular weight is 420 g/mol. The number of anilines is 1. The maximum atomic E-state index is 13.3. The Kier molecular flexibility index (Phi) is 6.37. The predicted octanol–water partition coefficient (Wildman–Crippen LogP) is 4.96. The van der Waals surface area contributed by atoms with Crippen molar-refractivity contribution in [2.24, 2.45) is 5.92 Å². The molecule has 0 radical (unpaired) electrons. The van der Waals surface area contributed by atoms with Crippen LogP contribution in [0.2, 0.25) is 0 Å². The monoisotopic (exact) mass is 419 g/mol. The number of hydrogen-bond acceptors (Lipinski definition) is 5. The molecule has 0 saturated carbocycles. The SMILES string of the molecule is CC(C)COC(=O)N(c1nc(-c2ccccc2O)cc2ccccc12)C1CCNCC1. The first-order valence-electron chi connectivity index (χ1n) is 10.9. The van der Waals surface area contributed by atoms with Crippen LogP contribution in [0.5, 0.6) is 5.75 Å². The van der Waals surface area contributed by atoms with E-state index in [2.05, 4.69) is 5.32 Å². The van der Waals surface area contributed by atoms with Crippen LogP contribution in [0.4, 0.5) is 10.6 Å². The number of aromatic nitrogens is 1. The van der Waals surface area contributed by atoms with Crippen molar-refractivity contribution in [3.8, 4) is 17.0 Å². The van der Waals surface area contributed by atoms with Crippen LogP contribution < -0.4 is 10.2 Å². The molecule has 1 amide bonds. The third-order valence-corrected chi connectivity index (χ3v) is 5.54. The van der Waals surface area contributed by atoms with Crippen LogP contribution in [0.25, 0.3) is 22.0 Å².